The zero-order chi connectivity index (χ0) is 18.0. The molecule has 1 unspecified atom stereocenters. The van der Waals surface area contributed by atoms with Gasteiger partial charge < -0.3 is 15.0 Å². The lowest BCUT2D eigenvalue weighted by atomic mass is 9.97. The zero-order valence-electron chi connectivity index (χ0n) is 12.7. The number of imidazole rings is 1. The van der Waals surface area contributed by atoms with E-state index in [0.717, 1.165) is 29.0 Å². The summed E-state index contributed by atoms with van der Waals surface area (Å²) >= 11 is 0. The number of hydrogen-bond acceptors (Lipinski definition) is 3. The van der Waals surface area contributed by atoms with E-state index in [0.29, 0.717) is 0 Å². The van der Waals surface area contributed by atoms with Crippen molar-refractivity contribution in [2.75, 3.05) is 6.54 Å². The molecule has 0 saturated carbocycles. The molecule has 24 heavy (non-hydrogen) atoms. The molecule has 1 aromatic heterocycles. The molecule has 1 aromatic carbocycles. The van der Waals surface area contributed by atoms with E-state index in [2.05, 4.69) is 10.3 Å². The van der Waals surface area contributed by atoms with Gasteiger partial charge in [0, 0.05) is 38.0 Å². The smallest absolute Gasteiger partial charge is 0.374 e. The van der Waals surface area contributed by atoms with Gasteiger partial charge in [0.25, 0.3) is 0 Å². The van der Waals surface area contributed by atoms with Gasteiger partial charge in [-0.3, -0.25) is 0 Å². The van der Waals surface area contributed by atoms with Crippen LogP contribution in [-0.4, -0.2) is 27.4 Å². The van der Waals surface area contributed by atoms with Crippen molar-refractivity contribution in [2.24, 2.45) is 7.05 Å². The molecule has 0 fully saturated rings. The van der Waals surface area contributed by atoms with Crippen molar-refractivity contribution in [1.82, 2.24) is 14.9 Å². The highest BCUT2D eigenvalue weighted by atomic mass is 19.4. The van der Waals surface area contributed by atoms with E-state index in [1.807, 2.05) is 0 Å². The van der Waals surface area contributed by atoms with Crippen LogP contribution < -0.4 is 5.32 Å². The molecule has 1 heterocycles. The minimum Gasteiger partial charge on any atom is -0.374 e. The average molecular weight is 349 g/mol. The SMILES string of the molecule is Cn1ccnc1C(O)(CCNCc1cc(F)ccc1F)C(F)(F)F. The summed E-state index contributed by atoms with van der Waals surface area (Å²) in [6.07, 6.45) is -3.21. The molecule has 0 aliphatic carbocycles. The molecule has 2 aromatic rings. The summed E-state index contributed by atoms with van der Waals surface area (Å²) in [6.45, 7) is -0.448. The largest absolute Gasteiger partial charge is 0.424 e. The van der Waals surface area contributed by atoms with Gasteiger partial charge in [0.1, 0.15) is 17.5 Å². The number of nitrogens with zero attached hydrogens (tertiary/aromatic N) is 2. The number of rotatable bonds is 6. The third-order valence-electron chi connectivity index (χ3n) is 3.65. The Kier molecular flexibility index (Phi) is 5.24. The molecule has 1 atom stereocenters. The summed E-state index contributed by atoms with van der Waals surface area (Å²) in [4.78, 5) is 3.57. The fourth-order valence-corrected chi connectivity index (χ4v) is 2.32. The number of hydrogen-bond donors (Lipinski definition) is 2. The third kappa shape index (κ3) is 3.73. The lowest BCUT2D eigenvalue weighted by molar-refractivity contribution is -0.272. The van der Waals surface area contributed by atoms with Gasteiger partial charge in [0.05, 0.1) is 0 Å². The van der Waals surface area contributed by atoms with E-state index in [-0.39, 0.29) is 18.7 Å². The highest BCUT2D eigenvalue weighted by molar-refractivity contribution is 5.18. The van der Waals surface area contributed by atoms with Gasteiger partial charge in [-0.15, -0.1) is 0 Å². The van der Waals surface area contributed by atoms with Crippen LogP contribution in [0.5, 0.6) is 0 Å². The Bertz CT molecular complexity index is 701. The number of halogens is 5. The number of aliphatic hydroxyl groups is 1. The van der Waals surface area contributed by atoms with Crippen LogP contribution >= 0.6 is 0 Å². The van der Waals surface area contributed by atoms with Crippen molar-refractivity contribution in [3.05, 3.63) is 53.6 Å². The lowest BCUT2D eigenvalue weighted by Crippen LogP contribution is -2.46. The Morgan fingerprint density at radius 3 is 2.54 bits per heavy atom. The molecule has 2 rings (SSSR count). The zero-order valence-corrected chi connectivity index (χ0v) is 12.7. The van der Waals surface area contributed by atoms with Crippen LogP contribution in [0.15, 0.2) is 30.6 Å². The molecule has 0 saturated heterocycles. The molecule has 0 aliphatic rings. The van der Waals surface area contributed by atoms with Gasteiger partial charge in [-0.05, 0) is 24.7 Å². The first-order valence-electron chi connectivity index (χ1n) is 7.06. The fraction of sp³-hybridized carbons (Fsp3) is 0.400. The highest BCUT2D eigenvalue weighted by Crippen LogP contribution is 2.40. The molecule has 0 aliphatic heterocycles. The van der Waals surface area contributed by atoms with E-state index in [9.17, 15) is 27.1 Å². The highest BCUT2D eigenvalue weighted by Gasteiger charge is 2.56. The minimum absolute atomic E-state index is 0.0115. The monoisotopic (exact) mass is 349 g/mol. The van der Waals surface area contributed by atoms with Crippen LogP contribution in [0.4, 0.5) is 22.0 Å². The van der Waals surface area contributed by atoms with E-state index in [1.165, 1.54) is 13.2 Å². The predicted octanol–water partition coefficient (Wildman–Crippen LogP) is 2.63. The van der Waals surface area contributed by atoms with Crippen molar-refractivity contribution in [3.63, 3.8) is 0 Å². The van der Waals surface area contributed by atoms with Gasteiger partial charge in [0.2, 0.25) is 5.60 Å². The van der Waals surface area contributed by atoms with Crippen LogP contribution in [0, 0.1) is 11.6 Å². The molecule has 0 amide bonds. The summed E-state index contributed by atoms with van der Waals surface area (Å²) < 4.78 is 67.4. The van der Waals surface area contributed by atoms with E-state index in [4.69, 9.17) is 0 Å². The first kappa shape index (κ1) is 18.3. The summed E-state index contributed by atoms with van der Waals surface area (Å²) in [5.41, 5.74) is -3.15. The van der Waals surface area contributed by atoms with Crippen molar-refractivity contribution >= 4 is 0 Å². The number of alkyl halides is 3. The van der Waals surface area contributed by atoms with Crippen LogP contribution in [0.25, 0.3) is 0 Å². The second-order valence-corrected chi connectivity index (χ2v) is 5.38. The average Bonchev–Trinajstić information content (AvgIpc) is 2.92. The molecule has 132 valence electrons. The van der Waals surface area contributed by atoms with Crippen LogP contribution in [0.1, 0.15) is 17.8 Å². The van der Waals surface area contributed by atoms with E-state index >= 15 is 0 Å². The maximum atomic E-state index is 13.4. The van der Waals surface area contributed by atoms with Crippen LogP contribution in [-0.2, 0) is 19.2 Å². The molecular formula is C15H16F5N3O. The summed E-state index contributed by atoms with van der Waals surface area (Å²) in [5, 5.41) is 12.7. The predicted molar refractivity (Wildman–Crippen MR) is 75.8 cm³/mol. The molecule has 0 bridgehead atoms. The van der Waals surface area contributed by atoms with Crippen molar-refractivity contribution in [3.8, 4) is 0 Å². The van der Waals surface area contributed by atoms with E-state index in [1.54, 1.807) is 0 Å². The Morgan fingerprint density at radius 1 is 1.25 bits per heavy atom. The molecule has 4 nitrogen and oxygen atoms in total. The number of nitrogens with one attached hydrogen (secondary N) is 1. The van der Waals surface area contributed by atoms with Gasteiger partial charge in [-0.2, -0.15) is 13.2 Å². The Hall–Kier alpha value is -2.00. The summed E-state index contributed by atoms with van der Waals surface area (Å²) in [6, 6.07) is 2.84. The number of aryl methyl sites for hydroxylation is 1. The first-order valence-corrected chi connectivity index (χ1v) is 7.06. The number of aromatic nitrogens is 2. The molecular weight excluding hydrogens is 333 g/mol. The Labute approximate surface area is 134 Å². The molecule has 0 radical (unpaired) electrons. The third-order valence-corrected chi connectivity index (χ3v) is 3.65. The van der Waals surface area contributed by atoms with Crippen LogP contribution in [0.3, 0.4) is 0 Å². The second-order valence-electron chi connectivity index (χ2n) is 5.38. The summed E-state index contributed by atoms with van der Waals surface area (Å²) in [7, 11) is 1.34. The van der Waals surface area contributed by atoms with Crippen molar-refractivity contribution < 1.29 is 27.1 Å². The minimum atomic E-state index is -4.93. The molecule has 9 heteroatoms. The second kappa shape index (κ2) is 6.86. The Morgan fingerprint density at radius 2 is 1.96 bits per heavy atom. The quantitative estimate of drug-likeness (QED) is 0.623. The van der Waals surface area contributed by atoms with Gasteiger partial charge >= 0.3 is 6.18 Å². The van der Waals surface area contributed by atoms with E-state index < -0.39 is 35.7 Å². The van der Waals surface area contributed by atoms with Gasteiger partial charge in [-0.1, -0.05) is 0 Å². The lowest BCUT2D eigenvalue weighted by Gasteiger charge is -2.30. The topological polar surface area (TPSA) is 50.1 Å². The summed E-state index contributed by atoms with van der Waals surface area (Å²) in [5.74, 6) is -1.85. The van der Waals surface area contributed by atoms with Crippen molar-refractivity contribution in [2.45, 2.75) is 24.7 Å². The maximum Gasteiger partial charge on any atom is 0.424 e. The fourth-order valence-electron chi connectivity index (χ4n) is 2.32. The standard InChI is InChI=1S/C15H16F5N3O/c1-23-7-6-22-13(23)14(24,15(18,19)20)4-5-21-9-10-8-11(16)2-3-12(10)17/h2-3,6-8,21,24H,4-5,9H2,1H3. The van der Waals surface area contributed by atoms with Gasteiger partial charge in [0.15, 0.2) is 0 Å². The van der Waals surface area contributed by atoms with Crippen LogP contribution in [0.2, 0.25) is 0 Å². The maximum absolute atomic E-state index is 13.4. The molecule has 2 N–H and O–H groups in total. The van der Waals surface area contributed by atoms with Gasteiger partial charge in [-0.25, -0.2) is 13.8 Å². The number of benzene rings is 1. The normalized spacial score (nSPS) is 14.6. The Balaban J connectivity index is 2.05. The molecule has 0 spiro atoms. The van der Waals surface area contributed by atoms with Crippen molar-refractivity contribution in [1.29, 1.82) is 0 Å². The first-order chi connectivity index (χ1) is 11.1.